The lowest BCUT2D eigenvalue weighted by atomic mass is 9.85. The Hall–Kier alpha value is -1.81. The molecule has 2 rings (SSSR count). The summed E-state index contributed by atoms with van der Waals surface area (Å²) >= 11 is 0. The van der Waals surface area contributed by atoms with Crippen LogP contribution in [0.2, 0.25) is 0 Å². The van der Waals surface area contributed by atoms with Gasteiger partial charge >= 0.3 is 0 Å². The van der Waals surface area contributed by atoms with E-state index in [-0.39, 0.29) is 11.1 Å². The quantitative estimate of drug-likeness (QED) is 0.870. The van der Waals surface area contributed by atoms with Crippen molar-refractivity contribution < 1.29 is 13.2 Å². The van der Waals surface area contributed by atoms with E-state index in [1.165, 1.54) is 25.1 Å². The van der Waals surface area contributed by atoms with E-state index in [1.54, 1.807) is 6.07 Å². The van der Waals surface area contributed by atoms with Crippen molar-refractivity contribution in [1.29, 1.82) is 0 Å². The number of hydrogen-bond acceptors (Lipinski definition) is 1. The molecule has 2 aromatic rings. The van der Waals surface area contributed by atoms with Crippen LogP contribution in [0.3, 0.4) is 0 Å². The fraction of sp³-hybridized carbons (Fsp3) is 0.143. The second-order valence-electron chi connectivity index (χ2n) is 4.31. The van der Waals surface area contributed by atoms with E-state index in [0.717, 1.165) is 18.2 Å². The Kier molecular flexibility index (Phi) is 3.13. The monoisotopic (exact) mass is 251 g/mol. The van der Waals surface area contributed by atoms with Crippen LogP contribution in [0.15, 0.2) is 42.5 Å². The van der Waals surface area contributed by atoms with Gasteiger partial charge in [0.25, 0.3) is 0 Å². The highest BCUT2D eigenvalue weighted by atomic mass is 19.1. The van der Waals surface area contributed by atoms with Crippen molar-refractivity contribution in [2.24, 2.45) is 5.73 Å². The largest absolute Gasteiger partial charge is 0.318 e. The Balaban J connectivity index is 2.61. The molecule has 0 saturated heterocycles. The SMILES string of the molecule is CC(N)(c1ccccc1F)c1cc(F)ccc1F. The van der Waals surface area contributed by atoms with E-state index in [1.807, 2.05) is 0 Å². The van der Waals surface area contributed by atoms with Gasteiger partial charge in [-0.1, -0.05) is 18.2 Å². The van der Waals surface area contributed by atoms with Crippen LogP contribution in [-0.4, -0.2) is 0 Å². The first-order chi connectivity index (χ1) is 8.43. The third kappa shape index (κ3) is 2.11. The molecule has 1 unspecified atom stereocenters. The lowest BCUT2D eigenvalue weighted by molar-refractivity contribution is 0.492. The summed E-state index contributed by atoms with van der Waals surface area (Å²) in [7, 11) is 0. The first kappa shape index (κ1) is 12.6. The highest BCUT2D eigenvalue weighted by Crippen LogP contribution is 2.30. The standard InChI is InChI=1S/C14H12F3N/c1-14(18,10-4-2-3-5-12(10)16)11-8-9(15)6-7-13(11)17/h2-8H,18H2,1H3. The van der Waals surface area contributed by atoms with Crippen molar-refractivity contribution in [2.75, 3.05) is 0 Å². The minimum Gasteiger partial charge on any atom is -0.318 e. The van der Waals surface area contributed by atoms with Gasteiger partial charge in [-0.3, -0.25) is 0 Å². The molecule has 0 aliphatic heterocycles. The molecule has 0 heterocycles. The van der Waals surface area contributed by atoms with Gasteiger partial charge in [-0.15, -0.1) is 0 Å². The molecule has 0 aliphatic carbocycles. The maximum absolute atomic E-state index is 13.7. The molecule has 0 bridgehead atoms. The minimum atomic E-state index is -1.43. The van der Waals surface area contributed by atoms with E-state index in [4.69, 9.17) is 5.73 Å². The molecular formula is C14H12F3N. The Bertz CT molecular complexity index is 579. The number of halogens is 3. The van der Waals surface area contributed by atoms with Gasteiger partial charge in [0.1, 0.15) is 17.5 Å². The predicted molar refractivity (Wildman–Crippen MR) is 63.4 cm³/mol. The molecule has 0 aromatic heterocycles. The van der Waals surface area contributed by atoms with Crippen molar-refractivity contribution >= 4 is 0 Å². The zero-order valence-electron chi connectivity index (χ0n) is 9.75. The second kappa shape index (κ2) is 4.46. The van der Waals surface area contributed by atoms with Gasteiger partial charge in [-0.05, 0) is 31.2 Å². The fourth-order valence-electron chi connectivity index (χ4n) is 1.92. The summed E-state index contributed by atoms with van der Waals surface area (Å²) in [5, 5.41) is 0. The molecular weight excluding hydrogens is 239 g/mol. The Morgan fingerprint density at radius 1 is 0.889 bits per heavy atom. The van der Waals surface area contributed by atoms with Crippen molar-refractivity contribution in [1.82, 2.24) is 0 Å². The van der Waals surface area contributed by atoms with Crippen LogP contribution in [0, 0.1) is 17.5 Å². The molecule has 4 heteroatoms. The van der Waals surface area contributed by atoms with Gasteiger partial charge in [0.15, 0.2) is 0 Å². The fourth-order valence-corrected chi connectivity index (χ4v) is 1.92. The molecule has 18 heavy (non-hydrogen) atoms. The average Bonchev–Trinajstić information content (AvgIpc) is 2.32. The summed E-state index contributed by atoms with van der Waals surface area (Å²) in [4.78, 5) is 0. The number of nitrogens with two attached hydrogens (primary N) is 1. The van der Waals surface area contributed by atoms with E-state index < -0.39 is 23.0 Å². The van der Waals surface area contributed by atoms with Crippen molar-refractivity contribution in [3.63, 3.8) is 0 Å². The normalized spacial score (nSPS) is 14.3. The van der Waals surface area contributed by atoms with Crippen LogP contribution in [-0.2, 0) is 5.54 Å². The van der Waals surface area contributed by atoms with Crippen LogP contribution in [0.1, 0.15) is 18.1 Å². The smallest absolute Gasteiger partial charge is 0.128 e. The summed E-state index contributed by atoms with van der Waals surface area (Å²) in [5.74, 6) is -1.82. The number of benzene rings is 2. The zero-order chi connectivity index (χ0) is 13.3. The molecule has 0 fully saturated rings. The van der Waals surface area contributed by atoms with Gasteiger partial charge in [-0.25, -0.2) is 13.2 Å². The first-order valence-electron chi connectivity index (χ1n) is 5.42. The first-order valence-corrected chi connectivity index (χ1v) is 5.42. The average molecular weight is 251 g/mol. The summed E-state index contributed by atoms with van der Waals surface area (Å²) in [5.41, 5.74) is 4.59. The van der Waals surface area contributed by atoms with E-state index >= 15 is 0 Å². The van der Waals surface area contributed by atoms with Gasteiger partial charge in [0.05, 0.1) is 5.54 Å². The molecule has 0 saturated carbocycles. The van der Waals surface area contributed by atoms with Crippen molar-refractivity contribution in [3.8, 4) is 0 Å². The Labute approximate surface area is 103 Å². The number of rotatable bonds is 2. The predicted octanol–water partition coefficient (Wildman–Crippen LogP) is 3.33. The molecule has 2 N–H and O–H groups in total. The molecule has 0 amide bonds. The number of hydrogen-bond donors (Lipinski definition) is 1. The molecule has 94 valence electrons. The summed E-state index contributed by atoms with van der Waals surface area (Å²) in [6.07, 6.45) is 0. The van der Waals surface area contributed by atoms with E-state index in [2.05, 4.69) is 0 Å². The third-order valence-corrected chi connectivity index (χ3v) is 2.92. The third-order valence-electron chi connectivity index (χ3n) is 2.92. The van der Waals surface area contributed by atoms with Crippen LogP contribution < -0.4 is 5.73 Å². The Morgan fingerprint density at radius 3 is 2.17 bits per heavy atom. The lowest BCUT2D eigenvalue weighted by Crippen LogP contribution is -2.36. The second-order valence-corrected chi connectivity index (χ2v) is 4.31. The van der Waals surface area contributed by atoms with Crippen LogP contribution in [0.4, 0.5) is 13.2 Å². The topological polar surface area (TPSA) is 26.0 Å². The maximum Gasteiger partial charge on any atom is 0.128 e. The van der Waals surface area contributed by atoms with Gasteiger partial charge < -0.3 is 5.73 Å². The summed E-state index contributed by atoms with van der Waals surface area (Å²) in [6.45, 7) is 1.45. The Morgan fingerprint density at radius 2 is 1.50 bits per heavy atom. The summed E-state index contributed by atoms with van der Waals surface area (Å²) in [6, 6.07) is 8.77. The molecule has 0 spiro atoms. The summed E-state index contributed by atoms with van der Waals surface area (Å²) < 4.78 is 40.6. The maximum atomic E-state index is 13.7. The lowest BCUT2D eigenvalue weighted by Gasteiger charge is -2.26. The minimum absolute atomic E-state index is 0.0763. The van der Waals surface area contributed by atoms with E-state index in [0.29, 0.717) is 0 Å². The van der Waals surface area contributed by atoms with E-state index in [9.17, 15) is 13.2 Å². The molecule has 1 nitrogen and oxygen atoms in total. The zero-order valence-corrected chi connectivity index (χ0v) is 9.75. The van der Waals surface area contributed by atoms with Gasteiger partial charge in [-0.2, -0.15) is 0 Å². The van der Waals surface area contributed by atoms with Gasteiger partial charge in [0, 0.05) is 11.1 Å². The highest BCUT2D eigenvalue weighted by Gasteiger charge is 2.29. The van der Waals surface area contributed by atoms with Crippen LogP contribution >= 0.6 is 0 Å². The molecule has 0 aliphatic rings. The molecule has 1 atom stereocenters. The molecule has 0 radical (unpaired) electrons. The van der Waals surface area contributed by atoms with Crippen molar-refractivity contribution in [2.45, 2.75) is 12.5 Å². The molecule has 2 aromatic carbocycles. The van der Waals surface area contributed by atoms with Crippen LogP contribution in [0.25, 0.3) is 0 Å². The van der Waals surface area contributed by atoms with Crippen molar-refractivity contribution in [3.05, 3.63) is 71.0 Å². The highest BCUT2D eigenvalue weighted by molar-refractivity contribution is 5.38. The van der Waals surface area contributed by atoms with Crippen LogP contribution in [0.5, 0.6) is 0 Å². The van der Waals surface area contributed by atoms with Gasteiger partial charge in [0.2, 0.25) is 0 Å².